The Balaban J connectivity index is 2.14. The van der Waals surface area contributed by atoms with Gasteiger partial charge in [-0.2, -0.15) is 0 Å². The number of nitrogens with two attached hydrogens (primary N) is 1. The fourth-order valence-corrected chi connectivity index (χ4v) is 1.46. The Morgan fingerprint density at radius 2 is 2.00 bits per heavy atom. The standard InChI is InChI=1S/C13H13N3O2/c1-18-10-4-2-9(3-5-10)13(17)16-12-6-7-15-8-11(12)14/h2-8H,14H2,1H3,(H,15,16,17). The van der Waals surface area contributed by atoms with Gasteiger partial charge in [-0.05, 0) is 30.3 Å². The first-order valence-electron chi connectivity index (χ1n) is 5.35. The smallest absolute Gasteiger partial charge is 0.255 e. The fraction of sp³-hybridized carbons (Fsp3) is 0.0769. The van der Waals surface area contributed by atoms with Crippen molar-refractivity contribution in [2.45, 2.75) is 0 Å². The van der Waals surface area contributed by atoms with Gasteiger partial charge in [-0.3, -0.25) is 9.78 Å². The number of rotatable bonds is 3. The highest BCUT2D eigenvalue weighted by Crippen LogP contribution is 2.17. The number of ether oxygens (including phenoxy) is 1. The zero-order valence-electron chi connectivity index (χ0n) is 9.88. The highest BCUT2D eigenvalue weighted by atomic mass is 16.5. The SMILES string of the molecule is COc1ccc(C(=O)Nc2ccncc2N)cc1. The van der Waals surface area contributed by atoms with Crippen LogP contribution in [0.15, 0.2) is 42.7 Å². The van der Waals surface area contributed by atoms with Crippen molar-refractivity contribution < 1.29 is 9.53 Å². The van der Waals surface area contributed by atoms with Gasteiger partial charge in [0.05, 0.1) is 24.7 Å². The van der Waals surface area contributed by atoms with Crippen molar-refractivity contribution in [3.63, 3.8) is 0 Å². The maximum Gasteiger partial charge on any atom is 0.255 e. The van der Waals surface area contributed by atoms with Gasteiger partial charge in [0.1, 0.15) is 5.75 Å². The third kappa shape index (κ3) is 2.57. The number of pyridine rings is 1. The van der Waals surface area contributed by atoms with E-state index in [9.17, 15) is 4.79 Å². The molecule has 0 aliphatic heterocycles. The van der Waals surface area contributed by atoms with Crippen LogP contribution in [0.4, 0.5) is 11.4 Å². The molecule has 1 aromatic heterocycles. The van der Waals surface area contributed by atoms with Crippen molar-refractivity contribution in [2.24, 2.45) is 0 Å². The van der Waals surface area contributed by atoms with E-state index in [2.05, 4.69) is 10.3 Å². The second-order valence-electron chi connectivity index (χ2n) is 3.65. The predicted molar refractivity (Wildman–Crippen MR) is 69.6 cm³/mol. The van der Waals surface area contributed by atoms with E-state index in [4.69, 9.17) is 10.5 Å². The summed E-state index contributed by atoms with van der Waals surface area (Å²) >= 11 is 0. The van der Waals surface area contributed by atoms with Crippen molar-refractivity contribution in [1.29, 1.82) is 0 Å². The van der Waals surface area contributed by atoms with E-state index in [-0.39, 0.29) is 5.91 Å². The third-order valence-electron chi connectivity index (χ3n) is 2.45. The average Bonchev–Trinajstić information content (AvgIpc) is 2.41. The summed E-state index contributed by atoms with van der Waals surface area (Å²) in [5.74, 6) is 0.477. The summed E-state index contributed by atoms with van der Waals surface area (Å²) in [7, 11) is 1.58. The molecule has 2 rings (SSSR count). The molecule has 0 unspecified atom stereocenters. The van der Waals surface area contributed by atoms with Crippen molar-refractivity contribution in [1.82, 2.24) is 4.98 Å². The van der Waals surface area contributed by atoms with Gasteiger partial charge in [0.15, 0.2) is 0 Å². The summed E-state index contributed by atoms with van der Waals surface area (Å²) in [6.07, 6.45) is 3.06. The van der Waals surface area contributed by atoms with E-state index in [0.29, 0.717) is 22.7 Å². The van der Waals surface area contributed by atoms with Crippen LogP contribution < -0.4 is 15.8 Å². The summed E-state index contributed by atoms with van der Waals surface area (Å²) in [5.41, 5.74) is 7.21. The van der Waals surface area contributed by atoms with E-state index in [1.54, 1.807) is 43.6 Å². The van der Waals surface area contributed by atoms with Crippen molar-refractivity contribution in [3.05, 3.63) is 48.3 Å². The van der Waals surface area contributed by atoms with Crippen LogP contribution in [-0.2, 0) is 0 Å². The molecule has 0 bridgehead atoms. The molecule has 5 nitrogen and oxygen atoms in total. The molecular formula is C13H13N3O2. The number of nitrogens with zero attached hydrogens (tertiary/aromatic N) is 1. The quantitative estimate of drug-likeness (QED) is 0.863. The minimum Gasteiger partial charge on any atom is -0.497 e. The van der Waals surface area contributed by atoms with E-state index in [1.165, 1.54) is 6.20 Å². The number of carbonyl (C=O) groups is 1. The number of nitrogens with one attached hydrogen (secondary N) is 1. The summed E-state index contributed by atoms with van der Waals surface area (Å²) in [4.78, 5) is 15.8. The molecule has 0 atom stereocenters. The molecule has 0 aliphatic rings. The van der Waals surface area contributed by atoms with E-state index in [1.807, 2.05) is 0 Å². The van der Waals surface area contributed by atoms with Crippen LogP contribution >= 0.6 is 0 Å². The van der Waals surface area contributed by atoms with E-state index < -0.39 is 0 Å². The fourth-order valence-electron chi connectivity index (χ4n) is 1.46. The van der Waals surface area contributed by atoms with Crippen molar-refractivity contribution in [2.75, 3.05) is 18.2 Å². The van der Waals surface area contributed by atoms with Crippen LogP contribution in [0, 0.1) is 0 Å². The lowest BCUT2D eigenvalue weighted by molar-refractivity contribution is 0.102. The maximum atomic E-state index is 11.9. The van der Waals surface area contributed by atoms with Gasteiger partial charge in [0.2, 0.25) is 0 Å². The highest BCUT2D eigenvalue weighted by molar-refractivity contribution is 6.05. The lowest BCUT2D eigenvalue weighted by atomic mass is 10.2. The molecule has 1 amide bonds. The van der Waals surface area contributed by atoms with Crippen LogP contribution in [0.25, 0.3) is 0 Å². The van der Waals surface area contributed by atoms with Gasteiger partial charge in [-0.15, -0.1) is 0 Å². The molecule has 1 aromatic carbocycles. The average molecular weight is 243 g/mol. The van der Waals surface area contributed by atoms with Crippen LogP contribution in [0.3, 0.4) is 0 Å². The second-order valence-corrected chi connectivity index (χ2v) is 3.65. The summed E-state index contributed by atoms with van der Waals surface area (Å²) in [5, 5.41) is 2.72. The summed E-state index contributed by atoms with van der Waals surface area (Å²) in [6, 6.07) is 8.48. The molecule has 0 aliphatic carbocycles. The van der Waals surface area contributed by atoms with Crippen LogP contribution in [0.1, 0.15) is 10.4 Å². The van der Waals surface area contributed by atoms with E-state index >= 15 is 0 Å². The monoisotopic (exact) mass is 243 g/mol. The van der Waals surface area contributed by atoms with Crippen molar-refractivity contribution in [3.8, 4) is 5.75 Å². The first kappa shape index (κ1) is 11.9. The Bertz CT molecular complexity index is 552. The van der Waals surface area contributed by atoms with Crippen LogP contribution in [-0.4, -0.2) is 18.0 Å². The molecule has 0 fully saturated rings. The number of hydrogen-bond donors (Lipinski definition) is 2. The lowest BCUT2D eigenvalue weighted by Gasteiger charge is -2.07. The molecule has 3 N–H and O–H groups in total. The zero-order valence-corrected chi connectivity index (χ0v) is 9.88. The minimum atomic E-state index is -0.226. The Morgan fingerprint density at radius 3 is 2.61 bits per heavy atom. The maximum absolute atomic E-state index is 11.9. The van der Waals surface area contributed by atoms with Gasteiger partial charge < -0.3 is 15.8 Å². The summed E-state index contributed by atoms with van der Waals surface area (Å²) < 4.78 is 5.03. The molecule has 18 heavy (non-hydrogen) atoms. The lowest BCUT2D eigenvalue weighted by Crippen LogP contribution is -2.13. The molecule has 0 saturated carbocycles. The number of methoxy groups -OCH3 is 1. The van der Waals surface area contributed by atoms with Crippen molar-refractivity contribution >= 4 is 17.3 Å². The first-order chi connectivity index (χ1) is 8.70. The van der Waals surface area contributed by atoms with E-state index in [0.717, 1.165) is 0 Å². The molecular weight excluding hydrogens is 230 g/mol. The van der Waals surface area contributed by atoms with Crippen LogP contribution in [0.2, 0.25) is 0 Å². The molecule has 0 saturated heterocycles. The molecule has 2 aromatic rings. The molecule has 5 heteroatoms. The molecule has 92 valence electrons. The Morgan fingerprint density at radius 1 is 1.28 bits per heavy atom. The normalized spacial score (nSPS) is 9.83. The topological polar surface area (TPSA) is 77.2 Å². The molecule has 1 heterocycles. The number of amides is 1. The highest BCUT2D eigenvalue weighted by Gasteiger charge is 2.07. The zero-order chi connectivity index (χ0) is 13.0. The number of anilines is 2. The number of carbonyl (C=O) groups excluding carboxylic acids is 1. The Labute approximate surface area is 105 Å². The Hall–Kier alpha value is -2.56. The Kier molecular flexibility index (Phi) is 3.43. The largest absolute Gasteiger partial charge is 0.497 e. The van der Waals surface area contributed by atoms with Gasteiger partial charge in [-0.1, -0.05) is 0 Å². The van der Waals surface area contributed by atoms with Crippen LogP contribution in [0.5, 0.6) is 5.75 Å². The number of nitrogen functional groups attached to an aromatic ring is 1. The molecule has 0 spiro atoms. The third-order valence-corrected chi connectivity index (χ3v) is 2.45. The second kappa shape index (κ2) is 5.18. The molecule has 0 radical (unpaired) electrons. The minimum absolute atomic E-state index is 0.226. The predicted octanol–water partition coefficient (Wildman–Crippen LogP) is 1.92. The van der Waals surface area contributed by atoms with Gasteiger partial charge in [0.25, 0.3) is 5.91 Å². The summed E-state index contributed by atoms with van der Waals surface area (Å²) in [6.45, 7) is 0. The number of aromatic nitrogens is 1. The van der Waals surface area contributed by atoms with Gasteiger partial charge >= 0.3 is 0 Å². The van der Waals surface area contributed by atoms with Gasteiger partial charge in [0, 0.05) is 11.8 Å². The van der Waals surface area contributed by atoms with Gasteiger partial charge in [-0.25, -0.2) is 0 Å². The number of hydrogen-bond acceptors (Lipinski definition) is 4. The first-order valence-corrected chi connectivity index (χ1v) is 5.35. The number of benzene rings is 1.